The first-order valence-corrected chi connectivity index (χ1v) is 4.87. The van der Waals surface area contributed by atoms with Gasteiger partial charge in [-0.1, -0.05) is 0 Å². The highest BCUT2D eigenvalue weighted by Gasteiger charge is 2.23. The largest absolute Gasteiger partial charge is 0.368 e. The van der Waals surface area contributed by atoms with Gasteiger partial charge in [0.1, 0.15) is 17.4 Å². The Morgan fingerprint density at radius 3 is 2.61 bits per heavy atom. The Hall–Kier alpha value is -2.51. The molecule has 3 N–H and O–H groups in total. The molecule has 1 aromatic carbocycles. The van der Waals surface area contributed by atoms with Crippen LogP contribution >= 0.6 is 0 Å². The third-order valence-electron chi connectivity index (χ3n) is 2.18. The van der Waals surface area contributed by atoms with Crippen molar-refractivity contribution in [2.24, 2.45) is 5.73 Å². The van der Waals surface area contributed by atoms with Gasteiger partial charge in [0.15, 0.2) is 0 Å². The van der Waals surface area contributed by atoms with E-state index in [0.29, 0.717) is 6.07 Å². The van der Waals surface area contributed by atoms with Crippen molar-refractivity contribution in [2.75, 3.05) is 0 Å². The van der Waals surface area contributed by atoms with Gasteiger partial charge in [0, 0.05) is 0 Å². The lowest BCUT2D eigenvalue weighted by molar-refractivity contribution is -0.385. The monoisotopic (exact) mass is 255 g/mol. The molecule has 0 unspecified atom stereocenters. The molecule has 2 amide bonds. The molecule has 0 radical (unpaired) electrons. The van der Waals surface area contributed by atoms with Crippen molar-refractivity contribution in [1.29, 1.82) is 0 Å². The average molecular weight is 255 g/mol. The molecule has 0 heterocycles. The van der Waals surface area contributed by atoms with Crippen molar-refractivity contribution in [3.63, 3.8) is 0 Å². The topological polar surface area (TPSA) is 115 Å². The molecule has 1 rings (SSSR count). The summed E-state index contributed by atoms with van der Waals surface area (Å²) in [5.41, 5.74) is 3.92. The maximum atomic E-state index is 12.9. The first-order valence-electron chi connectivity index (χ1n) is 4.87. The third kappa shape index (κ3) is 3.00. The number of nitro benzene ring substituents is 1. The second-order valence-corrected chi connectivity index (χ2v) is 3.52. The summed E-state index contributed by atoms with van der Waals surface area (Å²) in [5.74, 6) is -2.48. The minimum absolute atomic E-state index is 0.338. The highest BCUT2D eigenvalue weighted by Crippen LogP contribution is 2.19. The Morgan fingerprint density at radius 2 is 2.11 bits per heavy atom. The Balaban J connectivity index is 3.06. The number of amides is 2. The maximum absolute atomic E-state index is 12.9. The lowest BCUT2D eigenvalue weighted by Crippen LogP contribution is -2.42. The SMILES string of the molecule is C[C@H](NC(=O)c1ccc(F)cc1[N+](=O)[O-])C(N)=O. The van der Waals surface area contributed by atoms with Gasteiger partial charge in [-0.25, -0.2) is 4.39 Å². The van der Waals surface area contributed by atoms with E-state index in [1.54, 1.807) is 0 Å². The van der Waals surface area contributed by atoms with Crippen LogP contribution in [0.15, 0.2) is 18.2 Å². The molecule has 0 fully saturated rings. The first kappa shape index (κ1) is 13.6. The number of nitrogens with zero attached hydrogens (tertiary/aromatic N) is 1. The number of nitro groups is 1. The zero-order valence-electron chi connectivity index (χ0n) is 9.34. The number of nitrogens with one attached hydrogen (secondary N) is 1. The minimum Gasteiger partial charge on any atom is -0.368 e. The van der Waals surface area contributed by atoms with E-state index in [2.05, 4.69) is 5.32 Å². The fraction of sp³-hybridized carbons (Fsp3) is 0.200. The van der Waals surface area contributed by atoms with Crippen molar-refractivity contribution in [3.05, 3.63) is 39.7 Å². The zero-order chi connectivity index (χ0) is 13.9. The van der Waals surface area contributed by atoms with Crippen molar-refractivity contribution < 1.29 is 18.9 Å². The molecule has 0 aromatic heterocycles. The van der Waals surface area contributed by atoms with Crippen LogP contribution in [0.2, 0.25) is 0 Å². The van der Waals surface area contributed by atoms with Gasteiger partial charge in [-0.2, -0.15) is 0 Å². The summed E-state index contributed by atoms with van der Waals surface area (Å²) in [6.45, 7) is 1.33. The highest BCUT2D eigenvalue weighted by molar-refractivity contribution is 6.00. The molecule has 18 heavy (non-hydrogen) atoms. The molecule has 0 bridgehead atoms. The Morgan fingerprint density at radius 1 is 1.50 bits per heavy atom. The van der Waals surface area contributed by atoms with E-state index < -0.39 is 34.3 Å². The fourth-order valence-corrected chi connectivity index (χ4v) is 1.19. The number of hydrogen-bond acceptors (Lipinski definition) is 4. The van der Waals surface area contributed by atoms with E-state index in [4.69, 9.17) is 5.73 Å². The molecule has 1 aromatic rings. The summed E-state index contributed by atoms with van der Waals surface area (Å²) in [7, 11) is 0. The quantitative estimate of drug-likeness (QED) is 0.596. The molecule has 7 nitrogen and oxygen atoms in total. The van der Waals surface area contributed by atoms with E-state index >= 15 is 0 Å². The number of primary amides is 1. The van der Waals surface area contributed by atoms with Crippen LogP contribution in [0.4, 0.5) is 10.1 Å². The van der Waals surface area contributed by atoms with Crippen LogP contribution in [-0.2, 0) is 4.79 Å². The van der Waals surface area contributed by atoms with E-state index in [9.17, 15) is 24.1 Å². The van der Waals surface area contributed by atoms with Gasteiger partial charge >= 0.3 is 0 Å². The van der Waals surface area contributed by atoms with Gasteiger partial charge in [-0.05, 0) is 19.1 Å². The summed E-state index contributed by atoms with van der Waals surface area (Å²) in [5, 5.41) is 12.8. The predicted octanol–water partition coefficient (Wildman–Crippen LogP) is 0.338. The molecule has 0 spiro atoms. The van der Waals surface area contributed by atoms with Crippen LogP contribution < -0.4 is 11.1 Å². The molecule has 0 saturated carbocycles. The van der Waals surface area contributed by atoms with Gasteiger partial charge in [-0.3, -0.25) is 19.7 Å². The van der Waals surface area contributed by atoms with Gasteiger partial charge < -0.3 is 11.1 Å². The zero-order valence-corrected chi connectivity index (χ0v) is 9.34. The standard InChI is InChI=1S/C10H10FN3O4/c1-5(9(12)15)13-10(16)7-3-2-6(11)4-8(7)14(17)18/h2-5H,1H3,(H2,12,15)(H,13,16)/t5-/m0/s1. The molecule has 96 valence electrons. The van der Waals surface area contributed by atoms with Crippen LogP contribution in [0, 0.1) is 15.9 Å². The van der Waals surface area contributed by atoms with E-state index in [1.807, 2.05) is 0 Å². The number of hydrogen-bond donors (Lipinski definition) is 2. The van der Waals surface area contributed by atoms with E-state index in [-0.39, 0.29) is 5.56 Å². The van der Waals surface area contributed by atoms with Crippen LogP contribution in [-0.4, -0.2) is 22.8 Å². The number of halogens is 1. The smallest absolute Gasteiger partial charge is 0.285 e. The van der Waals surface area contributed by atoms with Crippen LogP contribution in [0.1, 0.15) is 17.3 Å². The summed E-state index contributed by atoms with van der Waals surface area (Å²) >= 11 is 0. The molecule has 0 aliphatic rings. The van der Waals surface area contributed by atoms with Gasteiger partial charge in [-0.15, -0.1) is 0 Å². The molecule has 0 aliphatic heterocycles. The summed E-state index contributed by atoms with van der Waals surface area (Å²) in [6.07, 6.45) is 0. The normalized spacial score (nSPS) is 11.7. The van der Waals surface area contributed by atoms with Crippen LogP contribution in [0.5, 0.6) is 0 Å². The molecule has 0 saturated heterocycles. The minimum atomic E-state index is -0.984. The number of carbonyl (C=O) groups excluding carboxylic acids is 2. The van der Waals surface area contributed by atoms with Gasteiger partial charge in [0.05, 0.1) is 11.0 Å². The molecular weight excluding hydrogens is 245 g/mol. The van der Waals surface area contributed by atoms with Crippen molar-refractivity contribution in [2.45, 2.75) is 13.0 Å². The third-order valence-corrected chi connectivity index (χ3v) is 2.18. The van der Waals surface area contributed by atoms with E-state index in [0.717, 1.165) is 12.1 Å². The maximum Gasteiger partial charge on any atom is 0.285 e. The average Bonchev–Trinajstić information content (AvgIpc) is 2.28. The van der Waals surface area contributed by atoms with Gasteiger partial charge in [0.2, 0.25) is 5.91 Å². The molecule has 1 atom stereocenters. The Kier molecular flexibility index (Phi) is 3.93. The van der Waals surface area contributed by atoms with Crippen molar-refractivity contribution in [3.8, 4) is 0 Å². The number of carbonyl (C=O) groups is 2. The summed E-state index contributed by atoms with van der Waals surface area (Å²) in [4.78, 5) is 32.2. The van der Waals surface area contributed by atoms with Gasteiger partial charge in [0.25, 0.3) is 11.6 Å². The van der Waals surface area contributed by atoms with Crippen molar-refractivity contribution in [1.82, 2.24) is 5.32 Å². The van der Waals surface area contributed by atoms with Crippen molar-refractivity contribution >= 4 is 17.5 Å². The number of nitrogens with two attached hydrogens (primary N) is 1. The Labute approximate surface area is 101 Å². The second-order valence-electron chi connectivity index (χ2n) is 3.52. The van der Waals surface area contributed by atoms with E-state index in [1.165, 1.54) is 6.92 Å². The lowest BCUT2D eigenvalue weighted by atomic mass is 10.1. The molecule has 0 aliphatic carbocycles. The Bertz CT molecular complexity index is 518. The fourth-order valence-electron chi connectivity index (χ4n) is 1.19. The number of benzene rings is 1. The summed E-state index contributed by atoms with van der Waals surface area (Å²) in [6, 6.07) is 1.53. The number of rotatable bonds is 4. The van der Waals surface area contributed by atoms with Crippen LogP contribution in [0.25, 0.3) is 0 Å². The second kappa shape index (κ2) is 5.21. The van der Waals surface area contributed by atoms with Crippen LogP contribution in [0.3, 0.4) is 0 Å². The highest BCUT2D eigenvalue weighted by atomic mass is 19.1. The summed E-state index contributed by atoms with van der Waals surface area (Å²) < 4.78 is 12.9. The first-order chi connectivity index (χ1) is 8.32. The predicted molar refractivity (Wildman–Crippen MR) is 59.2 cm³/mol. The molecule has 8 heteroatoms. The lowest BCUT2D eigenvalue weighted by Gasteiger charge is -2.10. The molecular formula is C10H10FN3O4.